The van der Waals surface area contributed by atoms with Crippen molar-refractivity contribution in [3.8, 4) is 0 Å². The lowest BCUT2D eigenvalue weighted by Crippen LogP contribution is -2.14. The highest BCUT2D eigenvalue weighted by atomic mass is 16.3. The molecule has 5 N–H and O–H groups in total. The van der Waals surface area contributed by atoms with Gasteiger partial charge in [0.1, 0.15) is 6.23 Å². The number of nitrogens with two attached hydrogens (primary N) is 2. The molecular formula is C12H16N2O. The van der Waals surface area contributed by atoms with Gasteiger partial charge in [0.2, 0.25) is 0 Å². The molecule has 0 amide bonds. The molecule has 1 rings (SSSR count). The lowest BCUT2D eigenvalue weighted by Gasteiger charge is -1.98. The summed E-state index contributed by atoms with van der Waals surface area (Å²) in [6.45, 7) is 1.94. The highest BCUT2D eigenvalue weighted by Gasteiger charge is 1.90. The standard InChI is InChI=1S/C12H16N2O/c1-9(2-7-12(14)15)8-10-3-5-11(13)6-4-10/h2-8,12,15H,13-14H2,1H3/b7-2+,9-8+. The molecule has 1 unspecified atom stereocenters. The Labute approximate surface area is 89.7 Å². The molecule has 0 heterocycles. The van der Waals surface area contributed by atoms with Crippen molar-refractivity contribution in [3.05, 3.63) is 47.6 Å². The van der Waals surface area contributed by atoms with Crippen LogP contribution in [0.15, 0.2) is 42.0 Å². The van der Waals surface area contributed by atoms with E-state index < -0.39 is 6.23 Å². The molecule has 0 aliphatic heterocycles. The van der Waals surface area contributed by atoms with Gasteiger partial charge in [0.25, 0.3) is 0 Å². The Morgan fingerprint density at radius 2 is 1.93 bits per heavy atom. The normalized spacial score (nSPS) is 14.5. The first-order chi connectivity index (χ1) is 7.08. The van der Waals surface area contributed by atoms with Crippen molar-refractivity contribution in [2.45, 2.75) is 13.2 Å². The largest absolute Gasteiger partial charge is 0.399 e. The van der Waals surface area contributed by atoms with Gasteiger partial charge in [-0.05, 0) is 30.7 Å². The summed E-state index contributed by atoms with van der Waals surface area (Å²) in [5.41, 5.74) is 13.6. The van der Waals surface area contributed by atoms with Crippen LogP contribution in [0.4, 0.5) is 5.69 Å². The molecule has 1 aromatic rings. The maximum atomic E-state index is 8.85. The van der Waals surface area contributed by atoms with Gasteiger partial charge in [-0.15, -0.1) is 0 Å². The van der Waals surface area contributed by atoms with Gasteiger partial charge in [0.05, 0.1) is 0 Å². The lowest BCUT2D eigenvalue weighted by molar-refractivity contribution is 0.232. The summed E-state index contributed by atoms with van der Waals surface area (Å²) in [7, 11) is 0. The molecule has 0 bridgehead atoms. The second-order valence-electron chi connectivity index (χ2n) is 3.40. The minimum Gasteiger partial charge on any atom is -0.399 e. The van der Waals surface area contributed by atoms with Crippen molar-refractivity contribution in [2.24, 2.45) is 5.73 Å². The minimum absolute atomic E-state index is 0.748. The van der Waals surface area contributed by atoms with E-state index >= 15 is 0 Å². The van der Waals surface area contributed by atoms with Gasteiger partial charge < -0.3 is 16.6 Å². The molecule has 0 fully saturated rings. The molecule has 80 valence electrons. The number of rotatable bonds is 3. The molecule has 0 spiro atoms. The van der Waals surface area contributed by atoms with Gasteiger partial charge in [-0.25, -0.2) is 0 Å². The summed E-state index contributed by atoms with van der Waals surface area (Å²) in [6.07, 6.45) is 4.39. The Bertz CT molecular complexity index is 364. The zero-order valence-electron chi connectivity index (χ0n) is 8.72. The smallest absolute Gasteiger partial charge is 0.121 e. The molecule has 3 nitrogen and oxygen atoms in total. The van der Waals surface area contributed by atoms with E-state index in [-0.39, 0.29) is 0 Å². The summed E-state index contributed by atoms with van der Waals surface area (Å²) >= 11 is 0. The quantitative estimate of drug-likeness (QED) is 0.397. The number of nitrogen functional groups attached to an aromatic ring is 1. The highest BCUT2D eigenvalue weighted by molar-refractivity contribution is 5.57. The number of benzene rings is 1. The number of allylic oxidation sites excluding steroid dienone is 2. The first kappa shape index (κ1) is 11.5. The fourth-order valence-electron chi connectivity index (χ4n) is 1.15. The number of aliphatic hydroxyl groups is 1. The highest BCUT2D eigenvalue weighted by Crippen LogP contribution is 2.10. The van der Waals surface area contributed by atoms with Gasteiger partial charge >= 0.3 is 0 Å². The Kier molecular flexibility index (Phi) is 4.09. The lowest BCUT2D eigenvalue weighted by atomic mass is 10.1. The van der Waals surface area contributed by atoms with E-state index in [1.54, 1.807) is 6.08 Å². The predicted octanol–water partition coefficient (Wildman–Crippen LogP) is 1.51. The van der Waals surface area contributed by atoms with Gasteiger partial charge in [-0.1, -0.05) is 29.9 Å². The van der Waals surface area contributed by atoms with E-state index in [4.69, 9.17) is 16.6 Å². The van der Waals surface area contributed by atoms with Crippen molar-refractivity contribution in [1.82, 2.24) is 0 Å². The summed E-state index contributed by atoms with van der Waals surface area (Å²) in [6, 6.07) is 7.57. The van der Waals surface area contributed by atoms with E-state index in [0.29, 0.717) is 0 Å². The van der Waals surface area contributed by atoms with Crippen LogP contribution in [0.5, 0.6) is 0 Å². The van der Waals surface area contributed by atoms with Crippen LogP contribution in [-0.4, -0.2) is 11.3 Å². The molecule has 1 atom stereocenters. The SMILES string of the molecule is CC(/C=C/C(N)O)=C\c1ccc(N)cc1. The maximum Gasteiger partial charge on any atom is 0.121 e. The zero-order valence-corrected chi connectivity index (χ0v) is 8.72. The summed E-state index contributed by atoms with van der Waals surface area (Å²) < 4.78 is 0. The number of hydrogen-bond donors (Lipinski definition) is 3. The van der Waals surface area contributed by atoms with Crippen molar-refractivity contribution in [3.63, 3.8) is 0 Å². The molecule has 0 saturated heterocycles. The molecule has 0 aliphatic carbocycles. The van der Waals surface area contributed by atoms with Gasteiger partial charge in [-0.3, -0.25) is 0 Å². The minimum atomic E-state index is -0.903. The molecule has 1 aromatic carbocycles. The van der Waals surface area contributed by atoms with Crippen LogP contribution < -0.4 is 11.5 Å². The third kappa shape index (κ3) is 4.44. The number of anilines is 1. The van der Waals surface area contributed by atoms with Gasteiger partial charge in [0.15, 0.2) is 0 Å². The summed E-state index contributed by atoms with van der Waals surface area (Å²) in [5, 5.41) is 8.85. The zero-order chi connectivity index (χ0) is 11.3. The van der Waals surface area contributed by atoms with Gasteiger partial charge in [0, 0.05) is 5.69 Å². The Morgan fingerprint density at radius 1 is 1.33 bits per heavy atom. The van der Waals surface area contributed by atoms with E-state index in [9.17, 15) is 0 Å². The second kappa shape index (κ2) is 5.34. The molecule has 0 radical (unpaired) electrons. The van der Waals surface area contributed by atoms with Crippen LogP contribution in [0.25, 0.3) is 6.08 Å². The van der Waals surface area contributed by atoms with Crippen LogP contribution in [0, 0.1) is 0 Å². The van der Waals surface area contributed by atoms with Crippen LogP contribution in [0.2, 0.25) is 0 Å². The first-order valence-electron chi connectivity index (χ1n) is 4.73. The van der Waals surface area contributed by atoms with Crippen LogP contribution in [-0.2, 0) is 0 Å². The van der Waals surface area contributed by atoms with E-state index in [0.717, 1.165) is 16.8 Å². The Balaban J connectivity index is 2.74. The van der Waals surface area contributed by atoms with Gasteiger partial charge in [-0.2, -0.15) is 0 Å². The van der Waals surface area contributed by atoms with E-state index in [2.05, 4.69) is 0 Å². The monoisotopic (exact) mass is 204 g/mol. The molecule has 0 saturated carbocycles. The second-order valence-corrected chi connectivity index (χ2v) is 3.40. The van der Waals surface area contributed by atoms with Crippen LogP contribution in [0.3, 0.4) is 0 Å². The Morgan fingerprint density at radius 3 is 2.47 bits per heavy atom. The number of hydrogen-bond acceptors (Lipinski definition) is 3. The van der Waals surface area contributed by atoms with E-state index in [1.807, 2.05) is 37.3 Å². The van der Waals surface area contributed by atoms with Crippen molar-refractivity contribution >= 4 is 11.8 Å². The first-order valence-corrected chi connectivity index (χ1v) is 4.73. The van der Waals surface area contributed by atoms with E-state index in [1.165, 1.54) is 6.08 Å². The average molecular weight is 204 g/mol. The van der Waals surface area contributed by atoms with Crippen molar-refractivity contribution < 1.29 is 5.11 Å². The predicted molar refractivity (Wildman–Crippen MR) is 63.8 cm³/mol. The fourth-order valence-corrected chi connectivity index (χ4v) is 1.15. The molecule has 15 heavy (non-hydrogen) atoms. The topological polar surface area (TPSA) is 72.3 Å². The van der Waals surface area contributed by atoms with Crippen molar-refractivity contribution in [1.29, 1.82) is 0 Å². The molecule has 3 heteroatoms. The third-order valence-corrected chi connectivity index (χ3v) is 1.89. The molecule has 0 aromatic heterocycles. The Hall–Kier alpha value is -1.58. The molecular weight excluding hydrogens is 188 g/mol. The summed E-state index contributed by atoms with van der Waals surface area (Å²) in [5.74, 6) is 0. The van der Waals surface area contributed by atoms with Crippen molar-refractivity contribution in [2.75, 3.05) is 5.73 Å². The summed E-state index contributed by atoms with van der Waals surface area (Å²) in [4.78, 5) is 0. The average Bonchev–Trinajstić information content (AvgIpc) is 2.19. The van der Waals surface area contributed by atoms with Crippen LogP contribution >= 0.6 is 0 Å². The third-order valence-electron chi connectivity index (χ3n) is 1.89. The fraction of sp³-hybridized carbons (Fsp3) is 0.167. The molecule has 0 aliphatic rings. The van der Waals surface area contributed by atoms with Crippen LogP contribution in [0.1, 0.15) is 12.5 Å². The number of aliphatic hydroxyl groups excluding tert-OH is 1. The maximum absolute atomic E-state index is 8.85.